The fraction of sp³-hybridized carbons (Fsp3) is 0.111. The summed E-state index contributed by atoms with van der Waals surface area (Å²) in [6, 6.07) is 1.93. The number of rotatable bonds is 2. The van der Waals surface area contributed by atoms with Crippen LogP contribution in [0.1, 0.15) is 0 Å². The van der Waals surface area contributed by atoms with Crippen molar-refractivity contribution in [2.24, 2.45) is 0 Å². The van der Waals surface area contributed by atoms with E-state index >= 15 is 0 Å². The summed E-state index contributed by atoms with van der Waals surface area (Å²) in [4.78, 5) is 11.1. The lowest BCUT2D eigenvalue weighted by atomic mass is 10.2. The molecular weight excluding hydrogens is 246 g/mol. The van der Waals surface area contributed by atoms with Gasteiger partial charge in [-0.3, -0.25) is 0 Å². The molecule has 2 rings (SSSR count). The topological polar surface area (TPSA) is 50.8 Å². The number of H-pyrrole nitrogens is 1. The summed E-state index contributed by atoms with van der Waals surface area (Å²) in [5, 5.41) is 0. The SMILES string of the molecule is COc1ncc(Br)cc1-c1cnc[nH]1. The molecule has 5 heteroatoms. The summed E-state index contributed by atoms with van der Waals surface area (Å²) in [6.45, 7) is 0. The fourth-order valence-corrected chi connectivity index (χ4v) is 1.52. The molecule has 0 saturated carbocycles. The maximum Gasteiger partial charge on any atom is 0.222 e. The van der Waals surface area contributed by atoms with Crippen LogP contribution >= 0.6 is 15.9 Å². The molecule has 14 heavy (non-hydrogen) atoms. The monoisotopic (exact) mass is 253 g/mol. The zero-order valence-corrected chi connectivity index (χ0v) is 9.08. The van der Waals surface area contributed by atoms with Crippen LogP contribution in [-0.2, 0) is 0 Å². The maximum absolute atomic E-state index is 5.14. The molecule has 0 unspecified atom stereocenters. The van der Waals surface area contributed by atoms with Gasteiger partial charge in [0.25, 0.3) is 0 Å². The van der Waals surface area contributed by atoms with Crippen LogP contribution in [0.3, 0.4) is 0 Å². The fourth-order valence-electron chi connectivity index (χ4n) is 1.19. The van der Waals surface area contributed by atoms with Crippen LogP contribution in [0.2, 0.25) is 0 Å². The van der Waals surface area contributed by atoms with E-state index in [9.17, 15) is 0 Å². The third kappa shape index (κ3) is 1.63. The molecule has 0 radical (unpaired) electrons. The smallest absolute Gasteiger partial charge is 0.222 e. The summed E-state index contributed by atoms with van der Waals surface area (Å²) >= 11 is 3.36. The number of nitrogens with one attached hydrogen (secondary N) is 1. The zero-order chi connectivity index (χ0) is 9.97. The number of imidazole rings is 1. The Bertz CT molecular complexity index is 428. The van der Waals surface area contributed by atoms with E-state index < -0.39 is 0 Å². The molecule has 0 aromatic carbocycles. The Hall–Kier alpha value is -1.36. The average molecular weight is 254 g/mol. The van der Waals surface area contributed by atoms with Crippen molar-refractivity contribution >= 4 is 15.9 Å². The van der Waals surface area contributed by atoms with Gasteiger partial charge in [-0.25, -0.2) is 9.97 Å². The number of ether oxygens (including phenoxy) is 1. The second-order valence-corrected chi connectivity index (χ2v) is 3.59. The van der Waals surface area contributed by atoms with Gasteiger partial charge < -0.3 is 9.72 Å². The summed E-state index contributed by atoms with van der Waals surface area (Å²) < 4.78 is 6.05. The first-order chi connectivity index (χ1) is 6.81. The highest BCUT2D eigenvalue weighted by Gasteiger charge is 2.08. The molecule has 0 saturated heterocycles. The zero-order valence-electron chi connectivity index (χ0n) is 7.49. The van der Waals surface area contributed by atoms with E-state index in [-0.39, 0.29) is 0 Å². The van der Waals surface area contributed by atoms with E-state index in [1.807, 2.05) is 6.07 Å². The molecule has 2 aromatic rings. The van der Waals surface area contributed by atoms with Crippen molar-refractivity contribution in [3.63, 3.8) is 0 Å². The van der Waals surface area contributed by atoms with Crippen LogP contribution in [0.4, 0.5) is 0 Å². The molecule has 0 amide bonds. The third-order valence-corrected chi connectivity index (χ3v) is 2.23. The number of halogens is 1. The Morgan fingerprint density at radius 2 is 2.29 bits per heavy atom. The van der Waals surface area contributed by atoms with Gasteiger partial charge in [-0.05, 0) is 22.0 Å². The minimum Gasteiger partial charge on any atom is -0.481 e. The molecule has 0 fully saturated rings. The molecule has 0 atom stereocenters. The van der Waals surface area contributed by atoms with Crippen LogP contribution in [0.5, 0.6) is 5.88 Å². The molecule has 1 N–H and O–H groups in total. The molecule has 4 nitrogen and oxygen atoms in total. The number of hydrogen-bond donors (Lipinski definition) is 1. The quantitative estimate of drug-likeness (QED) is 0.894. The van der Waals surface area contributed by atoms with E-state index in [4.69, 9.17) is 4.74 Å². The number of aromatic amines is 1. The molecule has 2 heterocycles. The number of methoxy groups -OCH3 is 1. The number of nitrogens with zero attached hydrogens (tertiary/aromatic N) is 2. The van der Waals surface area contributed by atoms with Crippen LogP contribution in [0.15, 0.2) is 29.3 Å². The molecule has 0 aliphatic rings. The van der Waals surface area contributed by atoms with Gasteiger partial charge >= 0.3 is 0 Å². The third-order valence-electron chi connectivity index (χ3n) is 1.80. The predicted molar refractivity (Wildman–Crippen MR) is 56.1 cm³/mol. The summed E-state index contributed by atoms with van der Waals surface area (Å²) in [5.41, 5.74) is 1.77. The van der Waals surface area contributed by atoms with Crippen molar-refractivity contribution in [3.8, 4) is 17.1 Å². The van der Waals surface area contributed by atoms with E-state index in [2.05, 4.69) is 30.9 Å². The van der Waals surface area contributed by atoms with Gasteiger partial charge in [-0.2, -0.15) is 0 Å². The number of hydrogen-bond acceptors (Lipinski definition) is 3. The minimum atomic E-state index is 0.581. The molecular formula is C9H8BrN3O. The standard InChI is InChI=1S/C9H8BrN3O/c1-14-9-7(2-6(10)3-12-9)8-4-11-5-13-8/h2-5H,1H3,(H,11,13). The number of pyridine rings is 1. The van der Waals surface area contributed by atoms with Gasteiger partial charge in [0, 0.05) is 10.7 Å². The second-order valence-electron chi connectivity index (χ2n) is 2.68. The number of aromatic nitrogens is 3. The van der Waals surface area contributed by atoms with E-state index in [0.29, 0.717) is 5.88 Å². The van der Waals surface area contributed by atoms with Gasteiger partial charge in [0.2, 0.25) is 5.88 Å². The Kier molecular flexibility index (Phi) is 2.49. The minimum absolute atomic E-state index is 0.581. The van der Waals surface area contributed by atoms with Crippen molar-refractivity contribution in [2.45, 2.75) is 0 Å². The first kappa shape index (κ1) is 9.21. The van der Waals surface area contributed by atoms with Crippen molar-refractivity contribution in [1.82, 2.24) is 15.0 Å². The van der Waals surface area contributed by atoms with Crippen molar-refractivity contribution in [3.05, 3.63) is 29.3 Å². The molecule has 72 valence electrons. The summed E-state index contributed by atoms with van der Waals surface area (Å²) in [6.07, 6.45) is 5.04. The van der Waals surface area contributed by atoms with Crippen LogP contribution < -0.4 is 4.74 Å². The van der Waals surface area contributed by atoms with Crippen LogP contribution in [-0.4, -0.2) is 22.1 Å². The van der Waals surface area contributed by atoms with Crippen molar-refractivity contribution in [2.75, 3.05) is 7.11 Å². The highest BCUT2D eigenvalue weighted by Crippen LogP contribution is 2.28. The van der Waals surface area contributed by atoms with Crippen molar-refractivity contribution in [1.29, 1.82) is 0 Å². The Labute approximate surface area is 89.5 Å². The van der Waals surface area contributed by atoms with E-state index in [0.717, 1.165) is 15.7 Å². The highest BCUT2D eigenvalue weighted by atomic mass is 79.9. The lowest BCUT2D eigenvalue weighted by Gasteiger charge is -2.05. The lowest BCUT2D eigenvalue weighted by molar-refractivity contribution is 0.399. The van der Waals surface area contributed by atoms with Gasteiger partial charge in [0.15, 0.2) is 0 Å². The van der Waals surface area contributed by atoms with Gasteiger partial charge in [0.1, 0.15) is 0 Å². The second kappa shape index (κ2) is 3.79. The molecule has 0 aliphatic heterocycles. The maximum atomic E-state index is 5.14. The molecule has 0 spiro atoms. The van der Waals surface area contributed by atoms with Gasteiger partial charge in [0.05, 0.1) is 30.9 Å². The van der Waals surface area contributed by atoms with E-state index in [1.54, 1.807) is 25.8 Å². The largest absolute Gasteiger partial charge is 0.481 e. The van der Waals surface area contributed by atoms with Gasteiger partial charge in [-0.15, -0.1) is 0 Å². The Morgan fingerprint density at radius 1 is 1.43 bits per heavy atom. The Morgan fingerprint density at radius 3 is 2.93 bits per heavy atom. The molecule has 0 bridgehead atoms. The van der Waals surface area contributed by atoms with Gasteiger partial charge in [-0.1, -0.05) is 0 Å². The van der Waals surface area contributed by atoms with Crippen molar-refractivity contribution < 1.29 is 4.74 Å². The Balaban J connectivity index is 2.55. The average Bonchev–Trinajstić information content (AvgIpc) is 2.70. The van der Waals surface area contributed by atoms with Crippen LogP contribution in [0, 0.1) is 0 Å². The summed E-state index contributed by atoms with van der Waals surface area (Å²) in [5.74, 6) is 0.581. The molecule has 2 aromatic heterocycles. The first-order valence-corrected chi connectivity index (χ1v) is 4.79. The molecule has 0 aliphatic carbocycles. The summed E-state index contributed by atoms with van der Waals surface area (Å²) in [7, 11) is 1.59. The van der Waals surface area contributed by atoms with E-state index in [1.165, 1.54) is 0 Å². The normalized spacial score (nSPS) is 10.1. The lowest BCUT2D eigenvalue weighted by Crippen LogP contribution is -1.91. The predicted octanol–water partition coefficient (Wildman–Crippen LogP) is 2.24. The van der Waals surface area contributed by atoms with Crippen LogP contribution in [0.25, 0.3) is 11.3 Å². The first-order valence-electron chi connectivity index (χ1n) is 3.99. The highest BCUT2D eigenvalue weighted by molar-refractivity contribution is 9.10.